The van der Waals surface area contributed by atoms with Gasteiger partial charge in [-0.1, -0.05) is 11.6 Å². The lowest BCUT2D eigenvalue weighted by molar-refractivity contribution is -0.136. The third-order valence-corrected chi connectivity index (χ3v) is 6.08. The first-order valence-electron chi connectivity index (χ1n) is 9.80. The predicted octanol–water partition coefficient (Wildman–Crippen LogP) is 2.95. The number of piperidine rings is 1. The number of hydrogen-bond acceptors (Lipinski definition) is 3. The molecule has 0 unspecified atom stereocenters. The topological polar surface area (TPSA) is 58.2 Å². The van der Waals surface area contributed by atoms with Crippen molar-refractivity contribution >= 4 is 5.91 Å². The van der Waals surface area contributed by atoms with E-state index in [2.05, 4.69) is 23.2 Å². The molecule has 3 heterocycles. The molecule has 25 heavy (non-hydrogen) atoms. The molecule has 1 aromatic heterocycles. The van der Waals surface area contributed by atoms with Crippen molar-refractivity contribution in [1.29, 1.82) is 0 Å². The van der Waals surface area contributed by atoms with Gasteiger partial charge in [-0.05, 0) is 57.4 Å². The van der Waals surface area contributed by atoms with Crippen LogP contribution in [0.25, 0.3) is 0 Å². The van der Waals surface area contributed by atoms with E-state index >= 15 is 0 Å². The Bertz CT molecular complexity index is 668. The van der Waals surface area contributed by atoms with Gasteiger partial charge in [-0.2, -0.15) is 5.10 Å². The first-order chi connectivity index (χ1) is 12.2. The number of nitrogens with zero attached hydrogens (tertiary/aromatic N) is 2. The minimum absolute atomic E-state index is 0.111. The van der Waals surface area contributed by atoms with Crippen LogP contribution in [0.5, 0.6) is 0 Å². The molecule has 0 aromatic carbocycles. The lowest BCUT2D eigenvalue weighted by Gasteiger charge is -2.42. The lowest BCUT2D eigenvalue weighted by atomic mass is 9.87. The van der Waals surface area contributed by atoms with E-state index in [1.54, 1.807) is 0 Å². The number of H-pyrrole nitrogens is 1. The van der Waals surface area contributed by atoms with Gasteiger partial charge in [0.1, 0.15) is 0 Å². The smallest absolute Gasteiger partial charge is 0.222 e. The van der Waals surface area contributed by atoms with Gasteiger partial charge < -0.3 is 9.64 Å². The summed E-state index contributed by atoms with van der Waals surface area (Å²) >= 11 is 0. The second kappa shape index (κ2) is 6.94. The van der Waals surface area contributed by atoms with Gasteiger partial charge >= 0.3 is 0 Å². The molecule has 3 aliphatic rings. The van der Waals surface area contributed by atoms with E-state index in [-0.39, 0.29) is 11.5 Å². The molecular weight excluding hydrogens is 314 g/mol. The monoisotopic (exact) mass is 343 g/mol. The molecule has 2 aliphatic heterocycles. The van der Waals surface area contributed by atoms with Gasteiger partial charge in [0.15, 0.2) is 0 Å². The highest BCUT2D eigenvalue weighted by Crippen LogP contribution is 2.33. The van der Waals surface area contributed by atoms with Gasteiger partial charge in [-0.25, -0.2) is 0 Å². The zero-order valence-corrected chi connectivity index (χ0v) is 15.3. The quantitative estimate of drug-likeness (QED) is 0.859. The van der Waals surface area contributed by atoms with Crippen LogP contribution in [0.3, 0.4) is 0 Å². The van der Waals surface area contributed by atoms with Gasteiger partial charge in [0.25, 0.3) is 0 Å². The number of fused-ring (bicyclic) bond motifs is 1. The molecule has 1 fully saturated rings. The third kappa shape index (κ3) is 3.52. The molecule has 1 aliphatic carbocycles. The second-order valence-electron chi connectivity index (χ2n) is 7.87. The summed E-state index contributed by atoms with van der Waals surface area (Å²) in [5, 5.41) is 7.64. The maximum Gasteiger partial charge on any atom is 0.222 e. The Labute approximate surface area is 149 Å². The summed E-state index contributed by atoms with van der Waals surface area (Å²) in [6.07, 6.45) is 11.2. The number of aryl methyl sites for hydroxylation is 2. The minimum Gasteiger partial charge on any atom is -0.370 e. The minimum atomic E-state index is -0.111. The number of carbonyl (C=O) groups is 1. The molecule has 0 atom stereocenters. The van der Waals surface area contributed by atoms with Crippen molar-refractivity contribution < 1.29 is 9.53 Å². The van der Waals surface area contributed by atoms with E-state index in [0.717, 1.165) is 63.9 Å². The van der Waals surface area contributed by atoms with E-state index in [1.165, 1.54) is 29.7 Å². The van der Waals surface area contributed by atoms with Crippen molar-refractivity contribution in [1.82, 2.24) is 15.1 Å². The van der Waals surface area contributed by atoms with E-state index < -0.39 is 0 Å². The average molecular weight is 343 g/mol. The second-order valence-corrected chi connectivity index (χ2v) is 7.87. The molecule has 4 rings (SSSR count). The van der Waals surface area contributed by atoms with Crippen molar-refractivity contribution in [3.05, 3.63) is 28.6 Å². The molecule has 5 nitrogen and oxygen atoms in total. The van der Waals surface area contributed by atoms with Crippen LogP contribution in [-0.4, -0.2) is 46.3 Å². The maximum atomic E-state index is 12.6. The Balaban J connectivity index is 1.31. The van der Waals surface area contributed by atoms with Crippen molar-refractivity contribution in [2.24, 2.45) is 0 Å². The molecule has 5 heteroatoms. The summed E-state index contributed by atoms with van der Waals surface area (Å²) in [5.74, 6) is 0.263. The first-order valence-corrected chi connectivity index (χ1v) is 9.80. The SMILES string of the molecule is CC1=CC2(CCN(C(=O)CCc3n[nH]c4c3CCCC4)CC2)OCC1. The molecule has 0 bridgehead atoms. The molecule has 1 saturated heterocycles. The van der Waals surface area contributed by atoms with Crippen molar-refractivity contribution in [2.45, 2.75) is 70.3 Å². The summed E-state index contributed by atoms with van der Waals surface area (Å²) in [5.41, 5.74) is 5.11. The van der Waals surface area contributed by atoms with Crippen LogP contribution in [0.15, 0.2) is 11.6 Å². The standard InChI is InChI=1S/C20H29N3O2/c1-15-8-13-25-20(14-15)9-11-23(12-10-20)19(24)7-6-18-16-4-2-3-5-17(16)21-22-18/h14H,2-13H2,1H3,(H,21,22). The first kappa shape index (κ1) is 16.8. The Hall–Kier alpha value is -1.62. The molecule has 1 spiro atoms. The number of hydrogen-bond donors (Lipinski definition) is 1. The number of nitrogens with one attached hydrogen (secondary N) is 1. The summed E-state index contributed by atoms with van der Waals surface area (Å²) < 4.78 is 6.06. The van der Waals surface area contributed by atoms with Gasteiger partial charge in [-0.3, -0.25) is 9.89 Å². The van der Waals surface area contributed by atoms with Crippen LogP contribution in [0.2, 0.25) is 0 Å². The average Bonchev–Trinajstić information content (AvgIpc) is 3.03. The molecule has 1 aromatic rings. The van der Waals surface area contributed by atoms with Crippen LogP contribution >= 0.6 is 0 Å². The van der Waals surface area contributed by atoms with E-state index in [0.29, 0.717) is 6.42 Å². The normalized spacial score (nSPS) is 22.6. The number of ether oxygens (including phenoxy) is 1. The van der Waals surface area contributed by atoms with Crippen LogP contribution in [-0.2, 0) is 28.8 Å². The largest absolute Gasteiger partial charge is 0.370 e. The van der Waals surface area contributed by atoms with Crippen LogP contribution in [0.1, 0.15) is 62.4 Å². The molecule has 1 N–H and O–H groups in total. The van der Waals surface area contributed by atoms with E-state index in [4.69, 9.17) is 4.74 Å². The molecular formula is C20H29N3O2. The Kier molecular flexibility index (Phi) is 4.67. The number of amides is 1. The number of likely N-dealkylation sites (tertiary alicyclic amines) is 1. The number of carbonyl (C=O) groups excluding carboxylic acids is 1. The van der Waals surface area contributed by atoms with E-state index in [9.17, 15) is 4.79 Å². The summed E-state index contributed by atoms with van der Waals surface area (Å²) in [6, 6.07) is 0. The van der Waals surface area contributed by atoms with Crippen molar-refractivity contribution in [3.63, 3.8) is 0 Å². The molecule has 0 saturated carbocycles. The van der Waals surface area contributed by atoms with Crippen molar-refractivity contribution in [2.75, 3.05) is 19.7 Å². The maximum absolute atomic E-state index is 12.6. The van der Waals surface area contributed by atoms with Crippen LogP contribution in [0, 0.1) is 0 Å². The van der Waals surface area contributed by atoms with Gasteiger partial charge in [0.2, 0.25) is 5.91 Å². The third-order valence-electron chi connectivity index (χ3n) is 6.08. The molecule has 1 amide bonds. The summed E-state index contributed by atoms with van der Waals surface area (Å²) in [6.45, 7) is 4.62. The fourth-order valence-electron chi connectivity index (χ4n) is 4.54. The number of aromatic amines is 1. The van der Waals surface area contributed by atoms with Crippen LogP contribution < -0.4 is 0 Å². The Morgan fingerprint density at radius 3 is 2.88 bits per heavy atom. The number of aromatic nitrogens is 2. The predicted molar refractivity (Wildman–Crippen MR) is 96.4 cm³/mol. The van der Waals surface area contributed by atoms with E-state index in [1.807, 2.05) is 4.90 Å². The van der Waals surface area contributed by atoms with Gasteiger partial charge in [0.05, 0.1) is 17.9 Å². The Morgan fingerprint density at radius 2 is 2.08 bits per heavy atom. The van der Waals surface area contributed by atoms with Gasteiger partial charge in [0, 0.05) is 31.6 Å². The van der Waals surface area contributed by atoms with Gasteiger partial charge in [-0.15, -0.1) is 0 Å². The summed E-state index contributed by atoms with van der Waals surface area (Å²) in [7, 11) is 0. The Morgan fingerprint density at radius 1 is 1.28 bits per heavy atom. The highest BCUT2D eigenvalue weighted by atomic mass is 16.5. The highest BCUT2D eigenvalue weighted by Gasteiger charge is 2.36. The fraction of sp³-hybridized carbons (Fsp3) is 0.700. The molecule has 0 radical (unpaired) electrons. The van der Waals surface area contributed by atoms with Crippen molar-refractivity contribution in [3.8, 4) is 0 Å². The summed E-state index contributed by atoms with van der Waals surface area (Å²) in [4.78, 5) is 14.6. The zero-order chi connectivity index (χ0) is 17.3. The number of rotatable bonds is 3. The zero-order valence-electron chi connectivity index (χ0n) is 15.3. The highest BCUT2D eigenvalue weighted by molar-refractivity contribution is 5.76. The fourth-order valence-corrected chi connectivity index (χ4v) is 4.54. The van der Waals surface area contributed by atoms with Crippen LogP contribution in [0.4, 0.5) is 0 Å². The lowest BCUT2D eigenvalue weighted by Crippen LogP contribution is -2.48. The molecule has 136 valence electrons.